The lowest BCUT2D eigenvalue weighted by atomic mass is 10.1. The number of rotatable bonds is 6. The van der Waals surface area contributed by atoms with E-state index in [1.807, 2.05) is 44.4 Å². The molecule has 0 aromatic heterocycles. The number of halogens is 1. The minimum Gasteiger partial charge on any atom is -0.486 e. The predicted molar refractivity (Wildman–Crippen MR) is 92.0 cm³/mol. The van der Waals surface area contributed by atoms with Gasteiger partial charge in [-0.1, -0.05) is 18.2 Å². The SMILES string of the molecule is CN(C)C(CNCc1ccc2c(c1)OCCO2)c1ccc(F)cc1. The molecule has 1 aliphatic heterocycles. The highest BCUT2D eigenvalue weighted by Gasteiger charge is 2.15. The maximum Gasteiger partial charge on any atom is 0.161 e. The van der Waals surface area contributed by atoms with Gasteiger partial charge in [-0.2, -0.15) is 0 Å². The van der Waals surface area contributed by atoms with Gasteiger partial charge in [0.05, 0.1) is 0 Å². The molecule has 128 valence electrons. The molecule has 3 rings (SSSR count). The van der Waals surface area contributed by atoms with Crippen LogP contribution < -0.4 is 14.8 Å². The van der Waals surface area contributed by atoms with Gasteiger partial charge >= 0.3 is 0 Å². The zero-order chi connectivity index (χ0) is 16.9. The number of ether oxygens (including phenoxy) is 2. The molecule has 0 aliphatic carbocycles. The molecule has 0 amide bonds. The van der Waals surface area contributed by atoms with Crippen LogP contribution >= 0.6 is 0 Å². The van der Waals surface area contributed by atoms with Crippen LogP contribution in [0.25, 0.3) is 0 Å². The zero-order valence-corrected chi connectivity index (χ0v) is 14.1. The molecule has 0 saturated heterocycles. The molecule has 2 aromatic rings. The summed E-state index contributed by atoms with van der Waals surface area (Å²) in [6.45, 7) is 2.71. The molecule has 0 saturated carbocycles. The van der Waals surface area contributed by atoms with Crippen LogP contribution in [0.5, 0.6) is 11.5 Å². The van der Waals surface area contributed by atoms with Crippen molar-refractivity contribution in [1.29, 1.82) is 0 Å². The van der Waals surface area contributed by atoms with E-state index in [1.54, 1.807) is 0 Å². The van der Waals surface area contributed by atoms with Gasteiger partial charge in [0, 0.05) is 19.1 Å². The number of nitrogens with zero attached hydrogens (tertiary/aromatic N) is 1. The summed E-state index contributed by atoms with van der Waals surface area (Å²) in [5.41, 5.74) is 2.24. The van der Waals surface area contributed by atoms with Gasteiger partial charge in [-0.15, -0.1) is 0 Å². The highest BCUT2D eigenvalue weighted by molar-refractivity contribution is 5.43. The van der Waals surface area contributed by atoms with Crippen LogP contribution in [0.15, 0.2) is 42.5 Å². The van der Waals surface area contributed by atoms with E-state index >= 15 is 0 Å². The topological polar surface area (TPSA) is 33.7 Å². The zero-order valence-electron chi connectivity index (χ0n) is 14.1. The quantitative estimate of drug-likeness (QED) is 0.883. The van der Waals surface area contributed by atoms with E-state index in [0.717, 1.165) is 35.7 Å². The maximum atomic E-state index is 13.1. The summed E-state index contributed by atoms with van der Waals surface area (Å²) >= 11 is 0. The number of fused-ring (bicyclic) bond motifs is 1. The molecule has 1 heterocycles. The molecule has 1 unspecified atom stereocenters. The van der Waals surface area contributed by atoms with Gasteiger partial charge in [0.2, 0.25) is 0 Å². The van der Waals surface area contributed by atoms with Crippen molar-refractivity contribution in [3.63, 3.8) is 0 Å². The van der Waals surface area contributed by atoms with Crippen LogP contribution in [-0.2, 0) is 6.54 Å². The van der Waals surface area contributed by atoms with Gasteiger partial charge in [0.15, 0.2) is 11.5 Å². The van der Waals surface area contributed by atoms with Gasteiger partial charge in [-0.05, 0) is 49.5 Å². The molecule has 0 bridgehead atoms. The summed E-state index contributed by atoms with van der Waals surface area (Å²) in [5, 5.41) is 3.47. The molecule has 0 spiro atoms. The second-order valence-electron chi connectivity index (χ2n) is 6.14. The second-order valence-corrected chi connectivity index (χ2v) is 6.14. The Bertz CT molecular complexity index is 674. The summed E-state index contributed by atoms with van der Waals surface area (Å²) < 4.78 is 24.3. The van der Waals surface area contributed by atoms with Crippen molar-refractivity contribution in [1.82, 2.24) is 10.2 Å². The van der Waals surface area contributed by atoms with Crippen LogP contribution in [0.2, 0.25) is 0 Å². The third-order valence-electron chi connectivity index (χ3n) is 4.15. The first-order valence-electron chi connectivity index (χ1n) is 8.14. The van der Waals surface area contributed by atoms with Crippen LogP contribution in [-0.4, -0.2) is 38.8 Å². The Morgan fingerprint density at radius 2 is 1.75 bits per heavy atom. The lowest BCUT2D eigenvalue weighted by Crippen LogP contribution is -2.30. The molecule has 4 nitrogen and oxygen atoms in total. The summed E-state index contributed by atoms with van der Waals surface area (Å²) in [4.78, 5) is 2.13. The van der Waals surface area contributed by atoms with Gasteiger partial charge in [0.25, 0.3) is 0 Å². The molecule has 5 heteroatoms. The Balaban J connectivity index is 1.60. The normalized spacial score (nSPS) is 14.7. The maximum absolute atomic E-state index is 13.1. The van der Waals surface area contributed by atoms with E-state index in [9.17, 15) is 4.39 Å². The van der Waals surface area contributed by atoms with Gasteiger partial charge in [-0.25, -0.2) is 4.39 Å². The number of nitrogens with one attached hydrogen (secondary N) is 1. The Morgan fingerprint density at radius 3 is 2.46 bits per heavy atom. The highest BCUT2D eigenvalue weighted by Crippen LogP contribution is 2.30. The summed E-state index contributed by atoms with van der Waals surface area (Å²) in [5.74, 6) is 1.41. The average Bonchev–Trinajstić information content (AvgIpc) is 2.59. The molecule has 24 heavy (non-hydrogen) atoms. The standard InChI is InChI=1S/C19H23FN2O2/c1-22(2)17(15-4-6-16(20)7-5-15)13-21-12-14-3-8-18-19(11-14)24-10-9-23-18/h3-8,11,17,21H,9-10,12-13H2,1-2H3. The van der Waals surface area contributed by atoms with E-state index in [-0.39, 0.29) is 11.9 Å². The Morgan fingerprint density at radius 1 is 1.04 bits per heavy atom. The van der Waals surface area contributed by atoms with Crippen molar-refractivity contribution in [3.8, 4) is 11.5 Å². The summed E-state index contributed by atoms with van der Waals surface area (Å²) in [6, 6.07) is 12.9. The first-order valence-corrected chi connectivity index (χ1v) is 8.14. The minimum atomic E-state index is -0.208. The summed E-state index contributed by atoms with van der Waals surface area (Å²) in [6.07, 6.45) is 0. The number of likely N-dealkylation sites (N-methyl/N-ethyl adjacent to an activating group) is 1. The Labute approximate surface area is 142 Å². The average molecular weight is 330 g/mol. The fourth-order valence-corrected chi connectivity index (χ4v) is 2.83. The molecule has 0 fully saturated rings. The van der Waals surface area contributed by atoms with Crippen molar-refractivity contribution < 1.29 is 13.9 Å². The van der Waals surface area contributed by atoms with Crippen molar-refractivity contribution >= 4 is 0 Å². The number of hydrogen-bond donors (Lipinski definition) is 1. The van der Waals surface area contributed by atoms with Crippen LogP contribution in [0.1, 0.15) is 17.2 Å². The molecule has 1 atom stereocenters. The van der Waals surface area contributed by atoms with Gasteiger partial charge < -0.3 is 19.7 Å². The number of hydrogen-bond acceptors (Lipinski definition) is 4. The van der Waals surface area contributed by atoms with Crippen LogP contribution in [0.4, 0.5) is 4.39 Å². The smallest absolute Gasteiger partial charge is 0.161 e. The lowest BCUT2D eigenvalue weighted by molar-refractivity contribution is 0.171. The third kappa shape index (κ3) is 4.04. The van der Waals surface area contributed by atoms with Crippen molar-refractivity contribution in [2.75, 3.05) is 33.9 Å². The fraction of sp³-hybridized carbons (Fsp3) is 0.368. The van der Waals surface area contributed by atoms with E-state index in [4.69, 9.17) is 9.47 Å². The molecule has 0 radical (unpaired) electrons. The van der Waals surface area contributed by atoms with Crippen molar-refractivity contribution in [3.05, 3.63) is 59.4 Å². The van der Waals surface area contributed by atoms with E-state index < -0.39 is 0 Å². The van der Waals surface area contributed by atoms with E-state index in [0.29, 0.717) is 13.2 Å². The van der Waals surface area contributed by atoms with E-state index in [2.05, 4.69) is 10.2 Å². The third-order valence-corrected chi connectivity index (χ3v) is 4.15. The Kier molecular flexibility index (Phi) is 5.33. The monoisotopic (exact) mass is 330 g/mol. The van der Waals surface area contributed by atoms with Gasteiger partial charge in [-0.3, -0.25) is 0 Å². The lowest BCUT2D eigenvalue weighted by Gasteiger charge is -2.25. The highest BCUT2D eigenvalue weighted by atomic mass is 19.1. The largest absolute Gasteiger partial charge is 0.486 e. The number of benzene rings is 2. The second kappa shape index (κ2) is 7.64. The molecule has 1 aliphatic rings. The Hall–Kier alpha value is -2.11. The molecular weight excluding hydrogens is 307 g/mol. The van der Waals surface area contributed by atoms with Crippen molar-refractivity contribution in [2.24, 2.45) is 0 Å². The van der Waals surface area contributed by atoms with E-state index in [1.165, 1.54) is 12.1 Å². The fourth-order valence-electron chi connectivity index (χ4n) is 2.83. The van der Waals surface area contributed by atoms with Crippen LogP contribution in [0.3, 0.4) is 0 Å². The van der Waals surface area contributed by atoms with Crippen LogP contribution in [0, 0.1) is 5.82 Å². The predicted octanol–water partition coefficient (Wildman–Crippen LogP) is 2.99. The molecule has 1 N–H and O–H groups in total. The molecule has 2 aromatic carbocycles. The first-order chi connectivity index (χ1) is 11.6. The first kappa shape index (κ1) is 16.7. The van der Waals surface area contributed by atoms with Gasteiger partial charge in [0.1, 0.15) is 19.0 Å². The minimum absolute atomic E-state index is 0.183. The van der Waals surface area contributed by atoms with Crippen molar-refractivity contribution in [2.45, 2.75) is 12.6 Å². The summed E-state index contributed by atoms with van der Waals surface area (Å²) in [7, 11) is 4.06. The molecular formula is C19H23FN2O2.